The van der Waals surface area contributed by atoms with Crippen LogP contribution in [0, 0.1) is 138 Å². The van der Waals surface area contributed by atoms with Gasteiger partial charge in [-0.3, -0.25) is 0 Å². The average molecular weight is 905 g/mol. The van der Waals surface area contributed by atoms with Crippen LogP contribution in [0.3, 0.4) is 0 Å². The van der Waals surface area contributed by atoms with Gasteiger partial charge in [-0.1, -0.05) is 225 Å². The predicted octanol–water partition coefficient (Wildman–Crippen LogP) is 19.7. The number of rotatable bonds is 0. The highest BCUT2D eigenvalue weighted by Gasteiger charge is 1.96. The van der Waals surface area contributed by atoms with Crippen LogP contribution >= 0.6 is 0 Å². The molecule has 8 aromatic rings. The summed E-state index contributed by atoms with van der Waals surface area (Å²) in [4.78, 5) is 0. The zero-order valence-corrected chi connectivity index (χ0v) is 46.2. The molecule has 0 amide bonds. The Labute approximate surface area is 417 Å². The van der Waals surface area contributed by atoms with E-state index >= 15 is 0 Å². The Bertz CT molecular complexity index is 2480. The minimum Gasteiger partial charge on any atom is -0.0622 e. The molecule has 360 valence electrons. The molecule has 0 aromatic heterocycles. The lowest BCUT2D eigenvalue weighted by Gasteiger charge is -2.04. The molecular formula is C68H88. The second-order valence-electron chi connectivity index (χ2n) is 18.8. The van der Waals surface area contributed by atoms with Crippen LogP contribution in [0.5, 0.6) is 0 Å². The van der Waals surface area contributed by atoms with E-state index in [9.17, 15) is 0 Å². The molecule has 0 saturated heterocycles. The number of hydrogen-bond donors (Lipinski definition) is 0. The second-order valence-corrected chi connectivity index (χ2v) is 18.8. The van der Waals surface area contributed by atoms with Crippen molar-refractivity contribution in [2.75, 3.05) is 0 Å². The highest BCUT2D eigenvalue weighted by molar-refractivity contribution is 5.36. The first-order valence-electron chi connectivity index (χ1n) is 24.2. The van der Waals surface area contributed by atoms with E-state index in [2.05, 4.69) is 290 Å². The van der Waals surface area contributed by atoms with E-state index < -0.39 is 0 Å². The van der Waals surface area contributed by atoms with Crippen LogP contribution < -0.4 is 0 Å². The SMILES string of the molecule is Cc1cc(C)c(C)c(C)c1.Cc1cc(C)cc(C)c1.Cc1ccc(C)c(C)c1.Cc1ccc(C)cc1.Cc1cccc(C)c1.Cc1cccc(C)c1C.Cc1ccccc1.Cc1ccccc1C. The summed E-state index contributed by atoms with van der Waals surface area (Å²) in [5.74, 6) is 0. The monoisotopic (exact) mass is 905 g/mol. The summed E-state index contributed by atoms with van der Waals surface area (Å²) in [6.07, 6.45) is 0. The van der Waals surface area contributed by atoms with Gasteiger partial charge in [-0.2, -0.15) is 0 Å². The van der Waals surface area contributed by atoms with E-state index in [0.717, 1.165) is 0 Å². The minimum absolute atomic E-state index is 1.32. The molecule has 0 aliphatic carbocycles. The lowest BCUT2D eigenvalue weighted by molar-refractivity contribution is 1.23. The third-order valence-corrected chi connectivity index (χ3v) is 11.7. The Morgan fingerprint density at radius 1 is 0.147 bits per heavy atom. The van der Waals surface area contributed by atoms with Crippen LogP contribution in [0.2, 0.25) is 0 Å². The van der Waals surface area contributed by atoms with Crippen LogP contribution in [0.4, 0.5) is 0 Å². The maximum absolute atomic E-state index is 2.22. The molecule has 0 unspecified atom stereocenters. The highest BCUT2D eigenvalue weighted by atomic mass is 14.0. The van der Waals surface area contributed by atoms with Crippen molar-refractivity contribution in [3.63, 3.8) is 0 Å². The van der Waals surface area contributed by atoms with Gasteiger partial charge < -0.3 is 0 Å². The molecule has 0 heterocycles. The van der Waals surface area contributed by atoms with Crippen molar-refractivity contribution in [1.29, 1.82) is 0 Å². The number of hydrogen-bond acceptors (Lipinski definition) is 0. The van der Waals surface area contributed by atoms with E-state index in [1.165, 1.54) is 111 Å². The van der Waals surface area contributed by atoms with E-state index in [-0.39, 0.29) is 0 Å². The Hall–Kier alpha value is -6.24. The van der Waals surface area contributed by atoms with Crippen molar-refractivity contribution in [1.82, 2.24) is 0 Å². The summed E-state index contributed by atoms with van der Waals surface area (Å²) in [5.41, 5.74) is 27.3. The van der Waals surface area contributed by atoms with Crippen molar-refractivity contribution in [3.8, 4) is 0 Å². The molecule has 0 aliphatic rings. The molecule has 0 N–H and O–H groups in total. The zero-order chi connectivity index (χ0) is 51.3. The molecule has 8 rings (SSSR count). The fraction of sp³-hybridized carbons (Fsp3) is 0.294. The summed E-state index contributed by atoms with van der Waals surface area (Å²) in [7, 11) is 0. The first-order chi connectivity index (χ1) is 32.0. The molecule has 0 saturated carbocycles. The molecule has 8 aromatic carbocycles. The summed E-state index contributed by atoms with van der Waals surface area (Å²) >= 11 is 0. The fourth-order valence-corrected chi connectivity index (χ4v) is 6.88. The topological polar surface area (TPSA) is 0 Å². The lowest BCUT2D eigenvalue weighted by Crippen LogP contribution is -1.86. The standard InChI is InChI=1S/C10H14.3C9H12.3C8H10.C7H8/c1-7-5-8(2)10(4)9(3)6-7;1-7-4-8(2)6-9(3)5-7;1-7-4-5-8(2)9(3)6-7;1-7-5-4-6-8(2)9(7)3;1-7-3-5-8(2)6-4-7;1-7-4-3-5-8(2)6-7;1-7-5-3-4-6-8(7)2;1-7-5-3-2-4-6-7/h5-6H,1-4H3;3*4-6H,1-3H3;3*3-6H,1-2H3;2-6H,1H3. The normalized spacial score (nSPS) is 9.47. The minimum atomic E-state index is 1.32. The molecule has 0 bridgehead atoms. The van der Waals surface area contributed by atoms with Crippen molar-refractivity contribution in [3.05, 3.63) is 281 Å². The summed E-state index contributed by atoms with van der Waals surface area (Å²) in [6.45, 7) is 42.6. The predicted molar refractivity (Wildman–Crippen MR) is 306 cm³/mol. The third kappa shape index (κ3) is 26.8. The van der Waals surface area contributed by atoms with Crippen LogP contribution in [0.15, 0.2) is 170 Å². The van der Waals surface area contributed by atoms with Gasteiger partial charge in [0.25, 0.3) is 0 Å². The third-order valence-electron chi connectivity index (χ3n) is 11.7. The fourth-order valence-electron chi connectivity index (χ4n) is 6.88. The van der Waals surface area contributed by atoms with Crippen molar-refractivity contribution >= 4 is 0 Å². The van der Waals surface area contributed by atoms with Crippen LogP contribution in [0.25, 0.3) is 0 Å². The van der Waals surface area contributed by atoms with E-state index in [0.29, 0.717) is 0 Å². The zero-order valence-electron chi connectivity index (χ0n) is 46.2. The summed E-state index contributed by atoms with van der Waals surface area (Å²) in [6, 6.07) is 59.4. The van der Waals surface area contributed by atoms with Crippen LogP contribution in [-0.2, 0) is 0 Å². The number of aryl methyl sites for hydroxylation is 18. The van der Waals surface area contributed by atoms with Gasteiger partial charge in [0.2, 0.25) is 0 Å². The Morgan fingerprint density at radius 3 is 0.706 bits per heavy atom. The van der Waals surface area contributed by atoms with E-state index in [1.54, 1.807) is 0 Å². The molecule has 0 nitrogen and oxygen atoms in total. The van der Waals surface area contributed by atoms with E-state index in [4.69, 9.17) is 0 Å². The van der Waals surface area contributed by atoms with Gasteiger partial charge in [-0.25, -0.2) is 0 Å². The molecule has 0 spiro atoms. The maximum atomic E-state index is 2.22. The van der Waals surface area contributed by atoms with Crippen molar-refractivity contribution in [2.45, 2.75) is 138 Å². The second kappa shape index (κ2) is 32.5. The smallest absolute Gasteiger partial charge is 0.0392 e. The highest BCUT2D eigenvalue weighted by Crippen LogP contribution is 2.14. The Kier molecular flexibility index (Phi) is 28.5. The summed E-state index contributed by atoms with van der Waals surface area (Å²) < 4.78 is 0. The molecule has 0 radical (unpaired) electrons. The van der Waals surface area contributed by atoms with Crippen LogP contribution in [0.1, 0.15) is 111 Å². The van der Waals surface area contributed by atoms with Gasteiger partial charge in [0.15, 0.2) is 0 Å². The molecule has 0 atom stereocenters. The average Bonchev–Trinajstić information content (AvgIpc) is 3.27. The molecule has 68 heavy (non-hydrogen) atoms. The molecule has 0 aliphatic heterocycles. The molecule has 0 heteroatoms. The first-order valence-corrected chi connectivity index (χ1v) is 24.2. The van der Waals surface area contributed by atoms with Gasteiger partial charge >= 0.3 is 0 Å². The lowest BCUT2D eigenvalue weighted by atomic mass is 10.0. The van der Waals surface area contributed by atoms with E-state index in [1.807, 2.05) is 18.2 Å². The Morgan fingerprint density at radius 2 is 0.397 bits per heavy atom. The molecule has 0 fully saturated rings. The first kappa shape index (κ1) is 59.8. The summed E-state index contributed by atoms with van der Waals surface area (Å²) in [5, 5.41) is 0. The van der Waals surface area contributed by atoms with Gasteiger partial charge in [0, 0.05) is 0 Å². The van der Waals surface area contributed by atoms with Gasteiger partial charge in [0.05, 0.1) is 0 Å². The molecular weight excluding hydrogens is 817 g/mol. The number of benzene rings is 8. The van der Waals surface area contributed by atoms with Crippen LogP contribution in [-0.4, -0.2) is 0 Å². The quantitative estimate of drug-likeness (QED) is 0.142. The largest absolute Gasteiger partial charge is 0.0622 e. The van der Waals surface area contributed by atoms with Crippen molar-refractivity contribution < 1.29 is 0 Å². The van der Waals surface area contributed by atoms with Crippen molar-refractivity contribution in [2.24, 2.45) is 0 Å². The Balaban J connectivity index is 0.000000389. The van der Waals surface area contributed by atoms with Gasteiger partial charge in [0.1, 0.15) is 0 Å². The van der Waals surface area contributed by atoms with Gasteiger partial charge in [-0.05, 0) is 194 Å². The maximum Gasteiger partial charge on any atom is -0.0392 e. The van der Waals surface area contributed by atoms with Gasteiger partial charge in [-0.15, -0.1) is 0 Å².